The van der Waals surface area contributed by atoms with Crippen LogP contribution < -0.4 is 5.32 Å². The van der Waals surface area contributed by atoms with Crippen LogP contribution >= 0.6 is 0 Å². The minimum absolute atomic E-state index is 0.0225. The number of carbonyl (C=O) groups excluding carboxylic acids is 1. The van der Waals surface area contributed by atoms with Gasteiger partial charge in [0.2, 0.25) is 5.91 Å². The number of ether oxygens (including phenoxy) is 2. The Hall–Kier alpha value is -1.14. The number of aliphatic carboxylic acids is 1. The molecule has 2 aliphatic rings. The Kier molecular flexibility index (Phi) is 5.99. The van der Waals surface area contributed by atoms with Crippen LogP contribution in [0.15, 0.2) is 0 Å². The summed E-state index contributed by atoms with van der Waals surface area (Å²) in [4.78, 5) is 23.4. The molecule has 6 heteroatoms. The van der Waals surface area contributed by atoms with Gasteiger partial charge in [-0.1, -0.05) is 0 Å². The summed E-state index contributed by atoms with van der Waals surface area (Å²) in [5, 5.41) is 12.2. The van der Waals surface area contributed by atoms with Gasteiger partial charge in [-0.05, 0) is 38.5 Å². The molecule has 1 amide bonds. The van der Waals surface area contributed by atoms with E-state index >= 15 is 0 Å². The second-order valence-electron chi connectivity index (χ2n) is 5.89. The fraction of sp³-hybridized carbons (Fsp3) is 0.867. The number of hydrogen-bond donors (Lipinski definition) is 2. The van der Waals surface area contributed by atoms with E-state index in [9.17, 15) is 14.7 Å². The van der Waals surface area contributed by atoms with Crippen LogP contribution in [-0.2, 0) is 19.1 Å². The molecule has 1 saturated carbocycles. The van der Waals surface area contributed by atoms with Crippen LogP contribution in [0.1, 0.15) is 32.6 Å². The summed E-state index contributed by atoms with van der Waals surface area (Å²) < 4.78 is 10.7. The molecule has 1 atom stereocenters. The van der Waals surface area contributed by atoms with Gasteiger partial charge in [0.15, 0.2) is 0 Å². The Bertz CT molecular complexity index is 361. The van der Waals surface area contributed by atoms with Crippen LogP contribution in [-0.4, -0.2) is 49.5 Å². The summed E-state index contributed by atoms with van der Waals surface area (Å²) in [5.74, 6) is -1.31. The van der Waals surface area contributed by atoms with E-state index < -0.39 is 11.9 Å². The lowest BCUT2D eigenvalue weighted by Crippen LogP contribution is -2.45. The minimum atomic E-state index is -0.831. The molecule has 2 fully saturated rings. The molecule has 0 bridgehead atoms. The fourth-order valence-corrected chi connectivity index (χ4v) is 3.08. The molecule has 0 radical (unpaired) electrons. The van der Waals surface area contributed by atoms with E-state index in [0.29, 0.717) is 19.8 Å². The van der Waals surface area contributed by atoms with Crippen LogP contribution in [0.2, 0.25) is 0 Å². The molecule has 0 spiro atoms. The van der Waals surface area contributed by atoms with Gasteiger partial charge in [-0.3, -0.25) is 9.59 Å². The Morgan fingerprint density at radius 3 is 2.57 bits per heavy atom. The third-order valence-electron chi connectivity index (χ3n) is 4.52. The van der Waals surface area contributed by atoms with Crippen molar-refractivity contribution in [3.8, 4) is 0 Å². The van der Waals surface area contributed by atoms with Gasteiger partial charge >= 0.3 is 5.97 Å². The van der Waals surface area contributed by atoms with E-state index in [-0.39, 0.29) is 30.4 Å². The molecule has 1 unspecified atom stereocenters. The molecular weight excluding hydrogens is 274 g/mol. The van der Waals surface area contributed by atoms with E-state index in [1.807, 2.05) is 6.92 Å². The summed E-state index contributed by atoms with van der Waals surface area (Å²) in [6.45, 7) is 4.05. The number of hydrogen-bond acceptors (Lipinski definition) is 4. The maximum atomic E-state index is 12.0. The minimum Gasteiger partial charge on any atom is -0.481 e. The Balaban J connectivity index is 1.74. The lowest BCUT2D eigenvalue weighted by atomic mass is 9.81. The number of amides is 1. The highest BCUT2D eigenvalue weighted by molar-refractivity contribution is 5.80. The highest BCUT2D eigenvalue weighted by atomic mass is 16.5. The molecule has 2 N–H and O–H groups in total. The third kappa shape index (κ3) is 4.41. The van der Waals surface area contributed by atoms with Crippen LogP contribution in [0.5, 0.6) is 0 Å². The Morgan fingerprint density at radius 2 is 2.00 bits per heavy atom. The predicted molar refractivity (Wildman–Crippen MR) is 75.8 cm³/mol. The number of nitrogens with one attached hydrogen (secondary N) is 1. The van der Waals surface area contributed by atoms with E-state index in [2.05, 4.69) is 5.32 Å². The second-order valence-corrected chi connectivity index (χ2v) is 5.89. The number of carboxylic acid groups (broad SMARTS) is 1. The van der Waals surface area contributed by atoms with Gasteiger partial charge in [0.05, 0.1) is 12.0 Å². The summed E-state index contributed by atoms with van der Waals surface area (Å²) in [7, 11) is 0. The van der Waals surface area contributed by atoms with Gasteiger partial charge in [0, 0.05) is 32.3 Å². The first-order valence-electron chi connectivity index (χ1n) is 7.81. The van der Waals surface area contributed by atoms with Crippen molar-refractivity contribution >= 4 is 11.9 Å². The topological polar surface area (TPSA) is 84.9 Å². The van der Waals surface area contributed by atoms with E-state index in [4.69, 9.17) is 9.47 Å². The lowest BCUT2D eigenvalue weighted by Gasteiger charge is -2.34. The molecule has 0 aromatic rings. The van der Waals surface area contributed by atoms with Crippen molar-refractivity contribution in [3.63, 3.8) is 0 Å². The molecule has 21 heavy (non-hydrogen) atoms. The molecule has 2 rings (SSSR count). The first-order valence-corrected chi connectivity index (χ1v) is 7.81. The first kappa shape index (κ1) is 16.2. The molecule has 1 aliphatic heterocycles. The normalized spacial score (nSPS) is 27.7. The maximum Gasteiger partial charge on any atom is 0.308 e. The molecule has 1 saturated heterocycles. The highest BCUT2D eigenvalue weighted by Gasteiger charge is 2.36. The van der Waals surface area contributed by atoms with Crippen molar-refractivity contribution < 1.29 is 24.2 Å². The Labute approximate surface area is 125 Å². The molecular formula is C15H25NO5. The number of carboxylic acids is 1. The number of rotatable bonds is 7. The molecule has 1 aliphatic carbocycles. The number of carbonyl (C=O) groups is 2. The SMILES string of the molecule is CCOC1CC(C(=O)NCC(C(=O)O)C2CCOCC2)C1. The van der Waals surface area contributed by atoms with Gasteiger partial charge in [-0.2, -0.15) is 0 Å². The van der Waals surface area contributed by atoms with E-state index in [1.165, 1.54) is 0 Å². The van der Waals surface area contributed by atoms with Crippen LogP contribution in [0, 0.1) is 17.8 Å². The first-order chi connectivity index (χ1) is 10.1. The smallest absolute Gasteiger partial charge is 0.308 e. The van der Waals surface area contributed by atoms with Crippen molar-refractivity contribution in [2.45, 2.75) is 38.7 Å². The Morgan fingerprint density at radius 1 is 1.33 bits per heavy atom. The highest BCUT2D eigenvalue weighted by Crippen LogP contribution is 2.30. The van der Waals surface area contributed by atoms with Gasteiger partial charge in [-0.25, -0.2) is 0 Å². The van der Waals surface area contributed by atoms with Crippen LogP contribution in [0.25, 0.3) is 0 Å². The van der Waals surface area contributed by atoms with Crippen molar-refractivity contribution in [1.29, 1.82) is 0 Å². The summed E-state index contributed by atoms with van der Waals surface area (Å²) >= 11 is 0. The zero-order valence-electron chi connectivity index (χ0n) is 12.5. The van der Waals surface area contributed by atoms with Crippen molar-refractivity contribution in [1.82, 2.24) is 5.32 Å². The average Bonchev–Trinajstić information content (AvgIpc) is 2.43. The average molecular weight is 299 g/mol. The predicted octanol–water partition coefficient (Wildman–Crippen LogP) is 1.05. The van der Waals surface area contributed by atoms with E-state index in [1.54, 1.807) is 0 Å². The van der Waals surface area contributed by atoms with E-state index in [0.717, 1.165) is 25.7 Å². The maximum absolute atomic E-state index is 12.0. The molecule has 0 aromatic carbocycles. The fourth-order valence-electron chi connectivity index (χ4n) is 3.08. The van der Waals surface area contributed by atoms with Gasteiger partial charge in [0.1, 0.15) is 0 Å². The quantitative estimate of drug-likeness (QED) is 0.734. The summed E-state index contributed by atoms with van der Waals surface area (Å²) in [6.07, 6.45) is 3.19. The lowest BCUT2D eigenvalue weighted by molar-refractivity contribution is -0.145. The van der Waals surface area contributed by atoms with Crippen LogP contribution in [0.3, 0.4) is 0 Å². The molecule has 0 aromatic heterocycles. The van der Waals surface area contributed by atoms with Crippen molar-refractivity contribution in [3.05, 3.63) is 0 Å². The zero-order chi connectivity index (χ0) is 15.2. The molecule has 1 heterocycles. The van der Waals surface area contributed by atoms with Crippen LogP contribution in [0.4, 0.5) is 0 Å². The van der Waals surface area contributed by atoms with Crippen molar-refractivity contribution in [2.75, 3.05) is 26.4 Å². The largest absolute Gasteiger partial charge is 0.481 e. The van der Waals surface area contributed by atoms with Gasteiger partial charge in [0.25, 0.3) is 0 Å². The van der Waals surface area contributed by atoms with Gasteiger partial charge < -0.3 is 19.9 Å². The molecule has 6 nitrogen and oxygen atoms in total. The summed E-state index contributed by atoms with van der Waals surface area (Å²) in [6, 6.07) is 0. The van der Waals surface area contributed by atoms with Crippen molar-refractivity contribution in [2.24, 2.45) is 17.8 Å². The standard InChI is InChI=1S/C15H25NO5/c1-2-21-12-7-11(8-12)14(17)16-9-13(15(18)19)10-3-5-20-6-4-10/h10-13H,2-9H2,1H3,(H,16,17)(H,18,19). The summed E-state index contributed by atoms with van der Waals surface area (Å²) in [5.41, 5.74) is 0. The van der Waals surface area contributed by atoms with Gasteiger partial charge in [-0.15, -0.1) is 0 Å². The zero-order valence-corrected chi connectivity index (χ0v) is 12.5. The third-order valence-corrected chi connectivity index (χ3v) is 4.52. The second kappa shape index (κ2) is 7.75. The molecule has 120 valence electrons. The monoisotopic (exact) mass is 299 g/mol.